The third-order valence-electron chi connectivity index (χ3n) is 2.59. The van der Waals surface area contributed by atoms with Gasteiger partial charge in [0.1, 0.15) is 12.1 Å². The van der Waals surface area contributed by atoms with Crippen molar-refractivity contribution in [2.24, 2.45) is 0 Å². The highest BCUT2D eigenvalue weighted by Crippen LogP contribution is 2.36. The predicted octanol–water partition coefficient (Wildman–Crippen LogP) is 3.34. The summed E-state index contributed by atoms with van der Waals surface area (Å²) in [6.45, 7) is 0. The summed E-state index contributed by atoms with van der Waals surface area (Å²) in [5.41, 5.74) is -0.804. The molecule has 0 bridgehead atoms. The highest BCUT2D eigenvalue weighted by molar-refractivity contribution is 5.55. The van der Waals surface area contributed by atoms with Gasteiger partial charge >= 0.3 is 6.18 Å². The lowest BCUT2D eigenvalue weighted by Gasteiger charge is -2.13. The number of halogens is 3. The lowest BCUT2D eigenvalue weighted by Crippen LogP contribution is -2.05. The van der Waals surface area contributed by atoms with E-state index in [0.29, 0.717) is 5.82 Å². The summed E-state index contributed by atoms with van der Waals surface area (Å²) in [6, 6.07) is 4.50. The lowest BCUT2D eigenvalue weighted by atomic mass is 10.2. The molecule has 1 aromatic carbocycles. The normalized spacial score (nSPS) is 11.1. The van der Waals surface area contributed by atoms with E-state index in [-0.39, 0.29) is 17.4 Å². The third kappa shape index (κ3) is 3.33. The summed E-state index contributed by atoms with van der Waals surface area (Å²) in [4.78, 5) is 7.79. The van der Waals surface area contributed by atoms with Crippen LogP contribution in [0.1, 0.15) is 5.56 Å². The summed E-state index contributed by atoms with van der Waals surface area (Å²) < 4.78 is 48.4. The molecule has 1 heterocycles. The zero-order chi connectivity index (χ0) is 15.5. The Labute approximate surface area is 118 Å². The molecule has 0 saturated carbocycles. The number of anilines is 1. The standard InChI is InChI=1S/C13H12F3N3O2/c1-17-11-10(20-2)12(19-7-18-11)21-9-5-3-4-8(6-9)13(14,15)16/h3-7H,1-2H3,(H,17,18,19). The number of nitrogens with zero attached hydrogens (tertiary/aromatic N) is 2. The van der Waals surface area contributed by atoms with Crippen LogP contribution >= 0.6 is 0 Å². The third-order valence-corrected chi connectivity index (χ3v) is 2.59. The fourth-order valence-electron chi connectivity index (χ4n) is 1.64. The highest BCUT2D eigenvalue weighted by Gasteiger charge is 2.30. The average molecular weight is 299 g/mol. The molecule has 0 aliphatic rings. The molecule has 21 heavy (non-hydrogen) atoms. The molecule has 0 amide bonds. The number of nitrogens with one attached hydrogen (secondary N) is 1. The molecular weight excluding hydrogens is 287 g/mol. The minimum Gasteiger partial charge on any atom is -0.489 e. The number of benzene rings is 1. The van der Waals surface area contributed by atoms with E-state index < -0.39 is 11.7 Å². The Kier molecular flexibility index (Phi) is 4.15. The van der Waals surface area contributed by atoms with Crippen molar-refractivity contribution in [1.29, 1.82) is 0 Å². The molecule has 0 fully saturated rings. The molecule has 0 spiro atoms. The number of aromatic nitrogens is 2. The van der Waals surface area contributed by atoms with Gasteiger partial charge in [0.15, 0.2) is 5.82 Å². The molecule has 0 aliphatic heterocycles. The zero-order valence-electron chi connectivity index (χ0n) is 11.2. The van der Waals surface area contributed by atoms with Gasteiger partial charge in [-0.2, -0.15) is 18.2 Å². The number of methoxy groups -OCH3 is 1. The van der Waals surface area contributed by atoms with Gasteiger partial charge in [0.25, 0.3) is 5.88 Å². The van der Waals surface area contributed by atoms with E-state index in [2.05, 4.69) is 15.3 Å². The van der Waals surface area contributed by atoms with E-state index in [1.54, 1.807) is 7.05 Å². The molecule has 0 saturated heterocycles. The zero-order valence-corrected chi connectivity index (χ0v) is 11.2. The molecule has 8 heteroatoms. The molecule has 0 unspecified atom stereocenters. The maximum atomic E-state index is 12.7. The van der Waals surface area contributed by atoms with Gasteiger partial charge in [0.2, 0.25) is 5.75 Å². The van der Waals surface area contributed by atoms with Crippen LogP contribution in [0.15, 0.2) is 30.6 Å². The molecule has 0 aliphatic carbocycles. The molecule has 5 nitrogen and oxygen atoms in total. The van der Waals surface area contributed by atoms with Crippen LogP contribution < -0.4 is 14.8 Å². The molecule has 2 aromatic rings. The van der Waals surface area contributed by atoms with Gasteiger partial charge in [-0.25, -0.2) is 4.98 Å². The summed E-state index contributed by atoms with van der Waals surface area (Å²) in [6.07, 6.45) is -3.22. The van der Waals surface area contributed by atoms with Crippen LogP contribution in [0.4, 0.5) is 19.0 Å². The van der Waals surface area contributed by atoms with E-state index in [4.69, 9.17) is 9.47 Å². The summed E-state index contributed by atoms with van der Waals surface area (Å²) in [5, 5.41) is 2.77. The summed E-state index contributed by atoms with van der Waals surface area (Å²) in [5.74, 6) is 0.604. The predicted molar refractivity (Wildman–Crippen MR) is 69.6 cm³/mol. The molecule has 1 aromatic heterocycles. The van der Waals surface area contributed by atoms with Gasteiger partial charge in [-0.15, -0.1) is 0 Å². The molecular formula is C13H12F3N3O2. The Morgan fingerprint density at radius 2 is 1.95 bits per heavy atom. The Balaban J connectivity index is 2.35. The number of hydrogen-bond donors (Lipinski definition) is 1. The first kappa shape index (κ1) is 14.9. The van der Waals surface area contributed by atoms with Crippen LogP contribution in [0.25, 0.3) is 0 Å². The first-order valence-corrected chi connectivity index (χ1v) is 5.87. The van der Waals surface area contributed by atoms with Crippen LogP contribution in [-0.4, -0.2) is 24.1 Å². The molecule has 0 atom stereocenters. The Morgan fingerprint density at radius 1 is 1.19 bits per heavy atom. The molecule has 0 radical (unpaired) electrons. The Bertz CT molecular complexity index is 632. The second kappa shape index (κ2) is 5.86. The van der Waals surface area contributed by atoms with E-state index in [9.17, 15) is 13.2 Å². The van der Waals surface area contributed by atoms with E-state index in [1.165, 1.54) is 25.6 Å². The van der Waals surface area contributed by atoms with Gasteiger partial charge in [-0.1, -0.05) is 6.07 Å². The van der Waals surface area contributed by atoms with Crippen molar-refractivity contribution in [1.82, 2.24) is 9.97 Å². The quantitative estimate of drug-likeness (QED) is 0.938. The fourth-order valence-corrected chi connectivity index (χ4v) is 1.64. The van der Waals surface area contributed by atoms with Crippen molar-refractivity contribution in [2.75, 3.05) is 19.5 Å². The largest absolute Gasteiger partial charge is 0.489 e. The first-order valence-electron chi connectivity index (χ1n) is 5.87. The van der Waals surface area contributed by atoms with Crippen LogP contribution in [0.5, 0.6) is 17.4 Å². The van der Waals surface area contributed by atoms with Crippen molar-refractivity contribution in [2.45, 2.75) is 6.18 Å². The van der Waals surface area contributed by atoms with Crippen molar-refractivity contribution in [3.05, 3.63) is 36.2 Å². The number of ether oxygens (including phenoxy) is 2. The number of alkyl halides is 3. The fraction of sp³-hybridized carbons (Fsp3) is 0.231. The minimum absolute atomic E-state index is 0.00359. The van der Waals surface area contributed by atoms with Crippen molar-refractivity contribution >= 4 is 5.82 Å². The number of rotatable bonds is 4. The van der Waals surface area contributed by atoms with Crippen molar-refractivity contribution in [3.8, 4) is 17.4 Å². The first-order chi connectivity index (χ1) is 9.95. The van der Waals surface area contributed by atoms with Crippen LogP contribution in [-0.2, 0) is 6.18 Å². The van der Waals surface area contributed by atoms with Crippen molar-refractivity contribution < 1.29 is 22.6 Å². The SMILES string of the molecule is CNc1ncnc(Oc2cccc(C(F)(F)F)c2)c1OC. The minimum atomic E-state index is -4.44. The van der Waals surface area contributed by atoms with Gasteiger partial charge in [-0.05, 0) is 18.2 Å². The summed E-state index contributed by atoms with van der Waals surface area (Å²) in [7, 11) is 3.01. The molecule has 1 N–H and O–H groups in total. The average Bonchev–Trinajstić information content (AvgIpc) is 2.46. The van der Waals surface area contributed by atoms with E-state index >= 15 is 0 Å². The van der Waals surface area contributed by atoms with Gasteiger partial charge in [-0.3, -0.25) is 0 Å². The Morgan fingerprint density at radius 3 is 2.57 bits per heavy atom. The van der Waals surface area contributed by atoms with Crippen LogP contribution in [0.2, 0.25) is 0 Å². The van der Waals surface area contributed by atoms with Crippen molar-refractivity contribution in [3.63, 3.8) is 0 Å². The monoisotopic (exact) mass is 299 g/mol. The van der Waals surface area contributed by atoms with Crippen LogP contribution in [0.3, 0.4) is 0 Å². The highest BCUT2D eigenvalue weighted by atomic mass is 19.4. The topological polar surface area (TPSA) is 56.3 Å². The van der Waals surface area contributed by atoms with Crippen LogP contribution in [0, 0.1) is 0 Å². The maximum absolute atomic E-state index is 12.7. The Hall–Kier alpha value is -2.51. The number of hydrogen-bond acceptors (Lipinski definition) is 5. The van der Waals surface area contributed by atoms with Gasteiger partial charge < -0.3 is 14.8 Å². The molecule has 112 valence electrons. The molecule has 2 rings (SSSR count). The summed E-state index contributed by atoms with van der Waals surface area (Å²) >= 11 is 0. The second-order valence-electron chi connectivity index (χ2n) is 3.94. The van der Waals surface area contributed by atoms with E-state index in [0.717, 1.165) is 12.1 Å². The van der Waals surface area contributed by atoms with E-state index in [1.807, 2.05) is 0 Å². The van der Waals surface area contributed by atoms with Gasteiger partial charge in [0.05, 0.1) is 12.7 Å². The maximum Gasteiger partial charge on any atom is 0.416 e. The lowest BCUT2D eigenvalue weighted by molar-refractivity contribution is -0.137. The smallest absolute Gasteiger partial charge is 0.416 e. The van der Waals surface area contributed by atoms with Gasteiger partial charge in [0, 0.05) is 7.05 Å². The second-order valence-corrected chi connectivity index (χ2v) is 3.94.